The van der Waals surface area contributed by atoms with E-state index in [1.165, 1.54) is 18.7 Å². The van der Waals surface area contributed by atoms with Crippen molar-refractivity contribution in [3.63, 3.8) is 0 Å². The van der Waals surface area contributed by atoms with Crippen molar-refractivity contribution >= 4 is 39.9 Å². The van der Waals surface area contributed by atoms with E-state index in [4.69, 9.17) is 27.9 Å². The first-order valence-corrected chi connectivity index (χ1v) is 11.2. The Bertz CT molecular complexity index is 981. The van der Waals surface area contributed by atoms with Gasteiger partial charge >= 0.3 is 6.01 Å². The fourth-order valence-corrected chi connectivity index (χ4v) is 5.21. The first-order valence-electron chi connectivity index (χ1n) is 10.4. The number of anilines is 1. The first kappa shape index (κ1) is 24.6. The van der Waals surface area contributed by atoms with Crippen LogP contribution in [-0.4, -0.2) is 74.9 Å². The zero-order valence-corrected chi connectivity index (χ0v) is 22.8. The van der Waals surface area contributed by atoms with E-state index in [0.717, 1.165) is 25.8 Å². The number of hydrogen-bond acceptors (Lipinski definition) is 7. The summed E-state index contributed by atoms with van der Waals surface area (Å²) in [5.41, 5.74) is -0.0593. The van der Waals surface area contributed by atoms with Crippen LogP contribution in [0.4, 0.5) is 14.6 Å². The second kappa shape index (κ2) is 10.0. The number of pyridine rings is 1. The van der Waals surface area contributed by atoms with Crippen molar-refractivity contribution in [1.29, 1.82) is 0 Å². The third-order valence-corrected chi connectivity index (χ3v) is 6.92. The monoisotopic (exact) mass is 710 g/mol. The van der Waals surface area contributed by atoms with E-state index >= 15 is 0 Å². The third kappa shape index (κ3) is 4.69. The number of alkyl halides is 2. The largest absolute Gasteiger partial charge is 0.479 e. The van der Waals surface area contributed by atoms with Crippen LogP contribution in [0.15, 0.2) is 6.20 Å². The van der Waals surface area contributed by atoms with E-state index in [-0.39, 0.29) is 59.3 Å². The molecule has 0 amide bonds. The molecule has 0 radical (unpaired) electrons. The Balaban J connectivity index is 0.000000205. The molecule has 2 aromatic heterocycles. The summed E-state index contributed by atoms with van der Waals surface area (Å²) in [5.74, 6) is -0.381. The van der Waals surface area contributed by atoms with E-state index in [1.807, 2.05) is 4.90 Å². The number of rotatable bonds is 1. The minimum Gasteiger partial charge on any atom is -0.479 e. The fourth-order valence-electron chi connectivity index (χ4n) is 4.65. The van der Waals surface area contributed by atoms with Crippen molar-refractivity contribution in [1.82, 2.24) is 19.9 Å². The van der Waals surface area contributed by atoms with Gasteiger partial charge in [0.15, 0.2) is 11.0 Å². The van der Waals surface area contributed by atoms with E-state index < -0.39 is 18.0 Å². The van der Waals surface area contributed by atoms with Gasteiger partial charge < -0.3 is 19.6 Å². The summed E-state index contributed by atoms with van der Waals surface area (Å²) in [5, 5.41) is 9.68. The summed E-state index contributed by atoms with van der Waals surface area (Å²) in [4.78, 5) is 15.7. The van der Waals surface area contributed by atoms with Crippen LogP contribution in [0.1, 0.15) is 25.7 Å². The Morgan fingerprint density at radius 2 is 2.06 bits per heavy atom. The maximum atomic E-state index is 14.1. The molecule has 0 aromatic carbocycles. The van der Waals surface area contributed by atoms with Gasteiger partial charge in [-0.05, 0) is 19.5 Å². The molecule has 32 heavy (non-hydrogen) atoms. The predicted molar refractivity (Wildman–Crippen MR) is 113 cm³/mol. The molecule has 2 aromatic rings. The molecule has 1 saturated carbocycles. The standard InChI is InChI=1S/C13H11Cl2FN4O2.C7H11FN.U/c14-6-9-10(6)22-3-1-2-20(9)12-5-4-17-11(15)7(16)8(5)18-13(21)19-12;8-6-4-7-2-1-3-9(7)5-6;/h4,6,9-10H,1-3H2,(H,18,19,21);6H,1-5H2;/q;-1;/t;6-;/m.1./s1. The van der Waals surface area contributed by atoms with Gasteiger partial charge in [-0.1, -0.05) is 18.0 Å². The van der Waals surface area contributed by atoms with Gasteiger partial charge in [-0.25, -0.2) is 19.8 Å². The van der Waals surface area contributed by atoms with Crippen molar-refractivity contribution in [2.45, 2.75) is 49.4 Å². The van der Waals surface area contributed by atoms with Crippen LogP contribution < -0.4 is 4.90 Å². The van der Waals surface area contributed by atoms with Gasteiger partial charge in [-0.3, -0.25) is 0 Å². The average molecular weight is 711 g/mol. The zero-order chi connectivity index (χ0) is 21.7. The van der Waals surface area contributed by atoms with Crippen molar-refractivity contribution in [2.75, 3.05) is 31.1 Å². The Labute approximate surface area is 218 Å². The third-order valence-electron chi connectivity index (χ3n) is 6.15. The molecule has 4 fully saturated rings. The summed E-state index contributed by atoms with van der Waals surface area (Å²) in [6.45, 7) is 3.03. The van der Waals surface area contributed by atoms with E-state index in [0.29, 0.717) is 30.9 Å². The van der Waals surface area contributed by atoms with Crippen molar-refractivity contribution < 1.29 is 49.7 Å². The molecule has 4 atom stereocenters. The first-order chi connectivity index (χ1) is 14.9. The van der Waals surface area contributed by atoms with E-state index in [1.54, 1.807) is 0 Å². The number of hydrogen-bond donors (Lipinski definition) is 1. The summed E-state index contributed by atoms with van der Waals surface area (Å²) >= 11 is 11.9. The van der Waals surface area contributed by atoms with Gasteiger partial charge in [0.05, 0.1) is 29.1 Å². The van der Waals surface area contributed by atoms with Crippen LogP contribution in [0.3, 0.4) is 0 Å². The zero-order valence-electron chi connectivity index (χ0n) is 17.1. The number of halogens is 4. The Hall–Kier alpha value is -0.498. The second-order valence-corrected chi connectivity index (χ2v) is 9.07. The van der Waals surface area contributed by atoms with Crippen molar-refractivity contribution in [3.8, 4) is 6.01 Å². The van der Waals surface area contributed by atoms with Crippen LogP contribution in [0.5, 0.6) is 6.01 Å². The predicted octanol–water partition coefficient (Wildman–Crippen LogP) is 3.46. The van der Waals surface area contributed by atoms with Gasteiger partial charge in [0.25, 0.3) is 0 Å². The summed E-state index contributed by atoms with van der Waals surface area (Å²) in [6.07, 6.45) is 4.68. The van der Waals surface area contributed by atoms with E-state index in [9.17, 15) is 13.9 Å². The minimum atomic E-state index is -0.779. The van der Waals surface area contributed by atoms with Crippen LogP contribution in [0.2, 0.25) is 5.15 Å². The average Bonchev–Trinajstić information content (AvgIpc) is 3.04. The molecule has 3 aliphatic heterocycles. The maximum Gasteiger partial charge on any atom is 0.316 e. The number of fused-ring (bicyclic) bond motifs is 3. The molecule has 3 saturated heterocycles. The molecule has 1 aliphatic carbocycles. The van der Waals surface area contributed by atoms with Crippen molar-refractivity contribution in [3.05, 3.63) is 23.2 Å². The summed E-state index contributed by atoms with van der Waals surface area (Å²) in [6, 6.07) is 0.792. The SMILES string of the molecule is F[C@@H]1C[C-]2CCCN2C1.Oc1nc(N2CCCOC3C(Cl)C32)c2cnc(Cl)c(F)c2n1.[U]. The fraction of sp³-hybridized carbons (Fsp3) is 0.600. The molecule has 0 bridgehead atoms. The molecule has 4 aliphatic rings. The van der Waals surface area contributed by atoms with Crippen LogP contribution in [0.25, 0.3) is 10.9 Å². The smallest absolute Gasteiger partial charge is 0.316 e. The number of aromatic nitrogens is 3. The topological polar surface area (TPSA) is 74.6 Å². The maximum absolute atomic E-state index is 14.1. The van der Waals surface area contributed by atoms with Crippen LogP contribution in [-0.2, 0) is 4.74 Å². The molecule has 0 spiro atoms. The van der Waals surface area contributed by atoms with Gasteiger partial charge in [0, 0.05) is 50.5 Å². The van der Waals surface area contributed by atoms with Gasteiger partial charge in [-0.15, -0.1) is 18.0 Å². The van der Waals surface area contributed by atoms with Gasteiger partial charge in [-0.2, -0.15) is 16.4 Å². The number of aromatic hydroxyl groups is 1. The molecule has 172 valence electrons. The molecule has 3 unspecified atom stereocenters. The normalized spacial score (nSPS) is 29.6. The van der Waals surface area contributed by atoms with Crippen LogP contribution >= 0.6 is 23.2 Å². The Kier molecular flexibility index (Phi) is 7.70. The van der Waals surface area contributed by atoms with Gasteiger partial charge in [0.1, 0.15) is 11.3 Å². The van der Waals surface area contributed by atoms with E-state index in [2.05, 4.69) is 19.9 Å². The van der Waals surface area contributed by atoms with Gasteiger partial charge in [0.2, 0.25) is 0 Å². The molecule has 5 heterocycles. The Morgan fingerprint density at radius 3 is 2.84 bits per heavy atom. The number of nitrogens with zero attached hydrogens (tertiary/aromatic N) is 5. The molecule has 1 N–H and O–H groups in total. The molecular formula is C20H22Cl2F2N5O2U-. The number of ether oxygens (including phenoxy) is 1. The summed E-state index contributed by atoms with van der Waals surface area (Å²) < 4.78 is 32.3. The molecule has 6 rings (SSSR count). The van der Waals surface area contributed by atoms with Crippen LogP contribution in [0, 0.1) is 43.0 Å². The Morgan fingerprint density at radius 1 is 1.25 bits per heavy atom. The minimum absolute atomic E-state index is 0. The van der Waals surface area contributed by atoms with Crippen molar-refractivity contribution in [2.24, 2.45) is 0 Å². The molecule has 12 heteroatoms. The molecule has 7 nitrogen and oxygen atoms in total. The summed E-state index contributed by atoms with van der Waals surface area (Å²) in [7, 11) is 0. The quantitative estimate of drug-likeness (QED) is 0.276. The molecular weight excluding hydrogens is 689 g/mol. The second-order valence-electron chi connectivity index (χ2n) is 8.21.